The zero-order valence-corrected chi connectivity index (χ0v) is 25.0. The standard InChI is InChI=1S/C34H31N3O6S/c1-41-32-20-19-30(21-33(32)42-2)44(39,40)37(28-12-4-3-5-13-28)23-34(38)36-35-22-25-15-17-29(18-16-25)43-24-27-11-8-10-26-9-6-7-14-31(26)27/h3-22H,23-24H2,1-2H3,(H,36,38)/b35-22-. The largest absolute Gasteiger partial charge is 0.493 e. The van der Waals surface area contributed by atoms with Gasteiger partial charge in [-0.1, -0.05) is 60.7 Å². The second kappa shape index (κ2) is 13.7. The molecule has 0 aliphatic heterocycles. The van der Waals surface area contributed by atoms with Crippen molar-refractivity contribution < 1.29 is 27.4 Å². The van der Waals surface area contributed by atoms with Crippen LogP contribution in [0.3, 0.4) is 0 Å². The van der Waals surface area contributed by atoms with Gasteiger partial charge in [-0.15, -0.1) is 0 Å². The van der Waals surface area contributed by atoms with Crippen molar-refractivity contribution in [2.45, 2.75) is 11.5 Å². The second-order valence-electron chi connectivity index (χ2n) is 9.65. The fourth-order valence-electron chi connectivity index (χ4n) is 4.59. The first-order chi connectivity index (χ1) is 21.4. The number of nitrogens with zero attached hydrogens (tertiary/aromatic N) is 2. The van der Waals surface area contributed by atoms with E-state index in [9.17, 15) is 13.2 Å². The number of hydrogen-bond donors (Lipinski definition) is 1. The minimum Gasteiger partial charge on any atom is -0.493 e. The molecule has 1 N–H and O–H groups in total. The molecule has 224 valence electrons. The molecule has 10 heteroatoms. The van der Waals surface area contributed by atoms with E-state index in [1.807, 2.05) is 48.5 Å². The summed E-state index contributed by atoms with van der Waals surface area (Å²) in [5.74, 6) is 0.706. The molecule has 0 bridgehead atoms. The van der Waals surface area contributed by atoms with E-state index in [1.54, 1.807) is 30.3 Å². The molecule has 0 fully saturated rings. The van der Waals surface area contributed by atoms with E-state index in [2.05, 4.69) is 28.7 Å². The number of anilines is 1. The van der Waals surface area contributed by atoms with Gasteiger partial charge in [0.1, 0.15) is 18.9 Å². The van der Waals surface area contributed by atoms with Crippen LogP contribution in [0.25, 0.3) is 10.8 Å². The van der Waals surface area contributed by atoms with Crippen molar-refractivity contribution in [2.75, 3.05) is 25.1 Å². The average Bonchev–Trinajstić information content (AvgIpc) is 3.06. The predicted octanol–water partition coefficient (Wildman–Crippen LogP) is 5.78. The van der Waals surface area contributed by atoms with Gasteiger partial charge in [0.25, 0.3) is 15.9 Å². The van der Waals surface area contributed by atoms with Gasteiger partial charge in [0, 0.05) is 6.07 Å². The third-order valence-electron chi connectivity index (χ3n) is 6.83. The first kappa shape index (κ1) is 30.1. The van der Waals surface area contributed by atoms with Crippen molar-refractivity contribution in [1.29, 1.82) is 0 Å². The maximum atomic E-state index is 13.7. The number of amides is 1. The van der Waals surface area contributed by atoms with Gasteiger partial charge in [-0.2, -0.15) is 5.10 Å². The summed E-state index contributed by atoms with van der Waals surface area (Å²) in [6.45, 7) is -0.0754. The predicted molar refractivity (Wildman–Crippen MR) is 171 cm³/mol. The van der Waals surface area contributed by atoms with Crippen LogP contribution in [0.4, 0.5) is 5.69 Å². The van der Waals surface area contributed by atoms with Crippen LogP contribution in [-0.4, -0.2) is 41.3 Å². The van der Waals surface area contributed by atoms with Gasteiger partial charge in [0.15, 0.2) is 11.5 Å². The summed E-state index contributed by atoms with van der Waals surface area (Å²) in [5, 5.41) is 6.34. The van der Waals surface area contributed by atoms with E-state index in [4.69, 9.17) is 14.2 Å². The third-order valence-corrected chi connectivity index (χ3v) is 8.60. The first-order valence-electron chi connectivity index (χ1n) is 13.7. The van der Waals surface area contributed by atoms with Crippen LogP contribution in [0.2, 0.25) is 0 Å². The van der Waals surface area contributed by atoms with Gasteiger partial charge in [-0.25, -0.2) is 13.8 Å². The Bertz CT molecular complexity index is 1870. The number of sulfonamides is 1. The minimum absolute atomic E-state index is 0.0573. The van der Waals surface area contributed by atoms with Crippen LogP contribution in [0.15, 0.2) is 125 Å². The van der Waals surface area contributed by atoms with E-state index in [1.165, 1.54) is 38.6 Å². The summed E-state index contributed by atoms with van der Waals surface area (Å²) in [4.78, 5) is 12.8. The molecule has 0 radical (unpaired) electrons. The highest BCUT2D eigenvalue weighted by atomic mass is 32.2. The Balaban J connectivity index is 1.23. The number of ether oxygens (including phenoxy) is 3. The molecule has 0 saturated carbocycles. The Morgan fingerprint density at radius 3 is 2.27 bits per heavy atom. The summed E-state index contributed by atoms with van der Waals surface area (Å²) in [7, 11) is -1.28. The van der Waals surface area contributed by atoms with Crippen LogP contribution >= 0.6 is 0 Å². The lowest BCUT2D eigenvalue weighted by Crippen LogP contribution is -2.39. The van der Waals surface area contributed by atoms with E-state index in [-0.39, 0.29) is 10.6 Å². The lowest BCUT2D eigenvalue weighted by molar-refractivity contribution is -0.119. The molecular formula is C34H31N3O6S. The summed E-state index contributed by atoms with van der Waals surface area (Å²) >= 11 is 0. The molecule has 0 saturated heterocycles. The van der Waals surface area contributed by atoms with Crippen LogP contribution in [0, 0.1) is 0 Å². The normalized spacial score (nSPS) is 11.3. The van der Waals surface area contributed by atoms with Crippen molar-refractivity contribution in [2.24, 2.45) is 5.10 Å². The maximum Gasteiger partial charge on any atom is 0.264 e. The van der Waals surface area contributed by atoms with E-state index >= 15 is 0 Å². The molecule has 5 aromatic carbocycles. The summed E-state index contributed by atoms with van der Waals surface area (Å²) in [5.41, 5.74) is 4.56. The molecule has 9 nitrogen and oxygen atoms in total. The van der Waals surface area contributed by atoms with E-state index in [0.29, 0.717) is 23.8 Å². The van der Waals surface area contributed by atoms with Gasteiger partial charge in [-0.3, -0.25) is 9.10 Å². The highest BCUT2D eigenvalue weighted by Crippen LogP contribution is 2.32. The summed E-state index contributed by atoms with van der Waals surface area (Å²) < 4.78 is 44.8. The monoisotopic (exact) mass is 609 g/mol. The van der Waals surface area contributed by atoms with Crippen LogP contribution in [0.5, 0.6) is 17.2 Å². The molecular weight excluding hydrogens is 578 g/mol. The van der Waals surface area contributed by atoms with Gasteiger partial charge >= 0.3 is 0 Å². The zero-order valence-electron chi connectivity index (χ0n) is 24.2. The average molecular weight is 610 g/mol. The number of nitrogens with one attached hydrogen (secondary N) is 1. The highest BCUT2D eigenvalue weighted by molar-refractivity contribution is 7.92. The van der Waals surface area contributed by atoms with Crippen molar-refractivity contribution in [3.05, 3.63) is 126 Å². The number of carbonyl (C=O) groups excluding carboxylic acids is 1. The fourth-order valence-corrected chi connectivity index (χ4v) is 6.02. The van der Waals surface area contributed by atoms with Gasteiger partial charge in [0.05, 0.1) is 31.0 Å². The van der Waals surface area contributed by atoms with Crippen molar-refractivity contribution in [1.82, 2.24) is 5.43 Å². The SMILES string of the molecule is COc1ccc(S(=O)(=O)N(CC(=O)N/N=C\c2ccc(OCc3cccc4ccccc34)cc2)c2ccccc2)cc1OC. The van der Waals surface area contributed by atoms with Crippen molar-refractivity contribution in [3.63, 3.8) is 0 Å². The molecule has 0 aliphatic carbocycles. The molecule has 5 aromatic rings. The number of carbonyl (C=O) groups is 1. The highest BCUT2D eigenvalue weighted by Gasteiger charge is 2.28. The smallest absolute Gasteiger partial charge is 0.264 e. The Hall–Kier alpha value is -5.35. The zero-order chi connectivity index (χ0) is 30.9. The maximum absolute atomic E-state index is 13.7. The number of benzene rings is 5. The Morgan fingerprint density at radius 2 is 1.52 bits per heavy atom. The molecule has 0 heterocycles. The summed E-state index contributed by atoms with van der Waals surface area (Å²) in [6.07, 6.45) is 1.47. The molecule has 0 aliphatic rings. The fraction of sp³-hybridized carbons (Fsp3) is 0.118. The number of rotatable bonds is 12. The van der Waals surface area contributed by atoms with Crippen LogP contribution < -0.4 is 23.9 Å². The van der Waals surface area contributed by atoms with Crippen molar-refractivity contribution in [3.8, 4) is 17.2 Å². The topological polar surface area (TPSA) is 107 Å². The van der Waals surface area contributed by atoms with Crippen LogP contribution in [0.1, 0.15) is 11.1 Å². The Kier molecular flexibility index (Phi) is 9.41. The van der Waals surface area contributed by atoms with E-state index in [0.717, 1.165) is 26.2 Å². The minimum atomic E-state index is -4.16. The van der Waals surface area contributed by atoms with Gasteiger partial charge in [0.2, 0.25) is 0 Å². The Morgan fingerprint density at radius 1 is 0.818 bits per heavy atom. The van der Waals surface area contributed by atoms with E-state index < -0.39 is 22.5 Å². The number of methoxy groups -OCH3 is 2. The first-order valence-corrected chi connectivity index (χ1v) is 15.1. The summed E-state index contributed by atoms with van der Waals surface area (Å²) in [6, 6.07) is 34.2. The van der Waals surface area contributed by atoms with Gasteiger partial charge < -0.3 is 14.2 Å². The molecule has 0 atom stereocenters. The molecule has 44 heavy (non-hydrogen) atoms. The lowest BCUT2D eigenvalue weighted by Gasteiger charge is -2.24. The van der Waals surface area contributed by atoms with Crippen LogP contribution in [-0.2, 0) is 21.4 Å². The lowest BCUT2D eigenvalue weighted by atomic mass is 10.1. The second-order valence-corrected chi connectivity index (χ2v) is 11.5. The number of para-hydroxylation sites is 1. The molecule has 0 unspecified atom stereocenters. The molecule has 5 rings (SSSR count). The Labute approximate surface area is 256 Å². The van der Waals surface area contributed by atoms with Crippen molar-refractivity contribution >= 4 is 38.6 Å². The number of hydrazone groups is 1. The molecule has 1 amide bonds. The number of fused-ring (bicyclic) bond motifs is 1. The molecule has 0 spiro atoms. The third kappa shape index (κ3) is 6.99. The quantitative estimate of drug-likeness (QED) is 0.142. The molecule has 0 aromatic heterocycles. The number of hydrogen-bond acceptors (Lipinski definition) is 7. The van der Waals surface area contributed by atoms with Gasteiger partial charge in [-0.05, 0) is 70.4 Å².